The molecule has 1 saturated carbocycles. The third-order valence-electron chi connectivity index (χ3n) is 4.24. The maximum Gasteiger partial charge on any atom is 0.325 e. The summed E-state index contributed by atoms with van der Waals surface area (Å²) in [6.45, 7) is 1.50. The van der Waals surface area contributed by atoms with E-state index in [4.69, 9.17) is 5.11 Å². The summed E-state index contributed by atoms with van der Waals surface area (Å²) in [6, 6.07) is 6.90. The zero-order chi connectivity index (χ0) is 15.5. The van der Waals surface area contributed by atoms with Crippen LogP contribution in [0.4, 0.5) is 0 Å². The van der Waals surface area contributed by atoms with Crippen LogP contribution in [0.1, 0.15) is 44.6 Å². The molecule has 1 amide bonds. The smallest absolute Gasteiger partial charge is 0.325 e. The first-order valence-corrected chi connectivity index (χ1v) is 8.05. The van der Waals surface area contributed by atoms with Gasteiger partial charge in [-0.2, -0.15) is 0 Å². The van der Waals surface area contributed by atoms with E-state index >= 15 is 0 Å². The summed E-state index contributed by atoms with van der Waals surface area (Å²) in [5.41, 5.74) is 0.359. The van der Waals surface area contributed by atoms with Gasteiger partial charge in [0.25, 0.3) is 0 Å². The van der Waals surface area contributed by atoms with Crippen LogP contribution in [0.5, 0.6) is 0 Å². The fourth-order valence-corrected chi connectivity index (χ4v) is 3.38. The molecule has 0 spiro atoms. The standard InChI is InChI=1S/C16H20BrNO3/c1-11(14(19)20)18-15(21)16(8-3-2-4-9-16)12-6-5-7-13(17)10-12/h5-7,10-11H,2-4,8-9H2,1H3,(H,18,21)(H,19,20). The van der Waals surface area contributed by atoms with E-state index in [-0.39, 0.29) is 5.91 Å². The van der Waals surface area contributed by atoms with E-state index < -0.39 is 17.4 Å². The minimum atomic E-state index is -1.01. The van der Waals surface area contributed by atoms with Crippen LogP contribution in [0.3, 0.4) is 0 Å². The number of halogens is 1. The van der Waals surface area contributed by atoms with Gasteiger partial charge in [-0.1, -0.05) is 47.3 Å². The third kappa shape index (κ3) is 3.46. The van der Waals surface area contributed by atoms with E-state index in [1.807, 2.05) is 24.3 Å². The second-order valence-electron chi connectivity index (χ2n) is 5.69. The van der Waals surface area contributed by atoms with E-state index in [0.29, 0.717) is 0 Å². The Morgan fingerprint density at radius 2 is 1.95 bits per heavy atom. The molecule has 114 valence electrons. The summed E-state index contributed by atoms with van der Waals surface area (Å²) < 4.78 is 0.934. The highest BCUT2D eigenvalue weighted by Crippen LogP contribution is 2.40. The molecule has 1 aromatic rings. The number of carbonyl (C=O) groups is 2. The highest BCUT2D eigenvalue weighted by Gasteiger charge is 2.42. The van der Waals surface area contributed by atoms with Crippen molar-refractivity contribution in [2.24, 2.45) is 0 Å². The van der Waals surface area contributed by atoms with Gasteiger partial charge in [0.1, 0.15) is 6.04 Å². The van der Waals surface area contributed by atoms with Crippen LogP contribution in [0, 0.1) is 0 Å². The first-order valence-electron chi connectivity index (χ1n) is 7.25. The molecule has 1 fully saturated rings. The van der Waals surface area contributed by atoms with Crippen LogP contribution >= 0.6 is 15.9 Å². The molecule has 1 aliphatic carbocycles. The summed E-state index contributed by atoms with van der Waals surface area (Å²) >= 11 is 3.45. The largest absolute Gasteiger partial charge is 0.480 e. The van der Waals surface area contributed by atoms with Crippen molar-refractivity contribution in [2.45, 2.75) is 50.5 Å². The number of amides is 1. The number of nitrogens with one attached hydrogen (secondary N) is 1. The number of aliphatic carboxylic acids is 1. The molecular weight excluding hydrogens is 334 g/mol. The Hall–Kier alpha value is -1.36. The van der Waals surface area contributed by atoms with Crippen LogP contribution in [0.2, 0.25) is 0 Å². The van der Waals surface area contributed by atoms with Crippen LogP contribution in [0.15, 0.2) is 28.7 Å². The van der Waals surface area contributed by atoms with Gasteiger partial charge in [-0.25, -0.2) is 0 Å². The fourth-order valence-electron chi connectivity index (χ4n) is 2.98. The van der Waals surface area contributed by atoms with E-state index in [2.05, 4.69) is 21.2 Å². The lowest BCUT2D eigenvalue weighted by molar-refractivity contribution is -0.142. The normalized spacial score (nSPS) is 18.8. The summed E-state index contributed by atoms with van der Waals surface area (Å²) in [5.74, 6) is -1.18. The molecule has 1 atom stereocenters. The van der Waals surface area contributed by atoms with Gasteiger partial charge < -0.3 is 10.4 Å². The molecule has 2 rings (SSSR count). The molecule has 21 heavy (non-hydrogen) atoms. The minimum Gasteiger partial charge on any atom is -0.480 e. The topological polar surface area (TPSA) is 66.4 Å². The number of carbonyl (C=O) groups excluding carboxylic acids is 1. The van der Waals surface area contributed by atoms with Gasteiger partial charge in [0.2, 0.25) is 5.91 Å². The van der Waals surface area contributed by atoms with Gasteiger partial charge in [-0.3, -0.25) is 9.59 Å². The Morgan fingerprint density at radius 1 is 1.29 bits per heavy atom. The SMILES string of the molecule is CC(NC(=O)C1(c2cccc(Br)c2)CCCCC1)C(=O)O. The van der Waals surface area contributed by atoms with E-state index in [1.54, 1.807) is 0 Å². The molecular formula is C16H20BrNO3. The van der Waals surface area contributed by atoms with E-state index in [9.17, 15) is 9.59 Å². The predicted octanol–water partition coefficient (Wildman–Crippen LogP) is 3.24. The van der Waals surface area contributed by atoms with Crippen molar-refractivity contribution in [1.29, 1.82) is 0 Å². The predicted molar refractivity (Wildman–Crippen MR) is 84.1 cm³/mol. The van der Waals surface area contributed by atoms with E-state index in [0.717, 1.165) is 42.1 Å². The van der Waals surface area contributed by atoms with Crippen molar-refractivity contribution in [3.05, 3.63) is 34.3 Å². The molecule has 0 heterocycles. The Bertz CT molecular complexity index is 538. The molecule has 0 bridgehead atoms. The number of hydrogen-bond acceptors (Lipinski definition) is 2. The third-order valence-corrected chi connectivity index (χ3v) is 4.73. The molecule has 2 N–H and O–H groups in total. The molecule has 1 aliphatic rings. The summed E-state index contributed by atoms with van der Waals surface area (Å²) in [6.07, 6.45) is 4.63. The van der Waals surface area contributed by atoms with Crippen molar-refractivity contribution in [3.8, 4) is 0 Å². The average Bonchev–Trinajstić information content (AvgIpc) is 2.47. The van der Waals surface area contributed by atoms with Gasteiger partial charge in [0.15, 0.2) is 0 Å². The second-order valence-corrected chi connectivity index (χ2v) is 6.60. The lowest BCUT2D eigenvalue weighted by Gasteiger charge is -2.37. The molecule has 5 heteroatoms. The minimum absolute atomic E-state index is 0.171. The lowest BCUT2D eigenvalue weighted by atomic mass is 9.68. The zero-order valence-corrected chi connectivity index (χ0v) is 13.6. The summed E-state index contributed by atoms with van der Waals surface area (Å²) in [5, 5.41) is 11.7. The van der Waals surface area contributed by atoms with Crippen LogP contribution in [-0.2, 0) is 15.0 Å². The highest BCUT2D eigenvalue weighted by atomic mass is 79.9. The molecule has 0 aromatic heterocycles. The van der Waals surface area contributed by atoms with Crippen molar-refractivity contribution in [3.63, 3.8) is 0 Å². The molecule has 4 nitrogen and oxygen atoms in total. The van der Waals surface area contributed by atoms with E-state index in [1.165, 1.54) is 6.92 Å². The van der Waals surface area contributed by atoms with Crippen molar-refractivity contribution in [1.82, 2.24) is 5.32 Å². The molecule has 1 aromatic carbocycles. The van der Waals surface area contributed by atoms with Gasteiger partial charge in [-0.15, -0.1) is 0 Å². The number of carboxylic acid groups (broad SMARTS) is 1. The van der Waals surface area contributed by atoms with Crippen molar-refractivity contribution < 1.29 is 14.7 Å². The van der Waals surface area contributed by atoms with Crippen LogP contribution in [0.25, 0.3) is 0 Å². The van der Waals surface area contributed by atoms with Gasteiger partial charge >= 0.3 is 5.97 Å². The Kier molecular flexibility index (Phi) is 5.04. The molecule has 0 radical (unpaired) electrons. The zero-order valence-electron chi connectivity index (χ0n) is 12.1. The van der Waals surface area contributed by atoms with Crippen LogP contribution in [-0.4, -0.2) is 23.0 Å². The number of rotatable bonds is 4. The van der Waals surface area contributed by atoms with Gasteiger partial charge in [0, 0.05) is 4.47 Å². The first kappa shape index (κ1) is 16.0. The fraction of sp³-hybridized carbons (Fsp3) is 0.500. The number of benzene rings is 1. The van der Waals surface area contributed by atoms with Crippen molar-refractivity contribution in [2.75, 3.05) is 0 Å². The van der Waals surface area contributed by atoms with Gasteiger partial charge in [0.05, 0.1) is 5.41 Å². The molecule has 0 saturated heterocycles. The average molecular weight is 354 g/mol. The first-order chi connectivity index (χ1) is 9.95. The van der Waals surface area contributed by atoms with Gasteiger partial charge in [-0.05, 0) is 37.5 Å². The monoisotopic (exact) mass is 353 g/mol. The quantitative estimate of drug-likeness (QED) is 0.872. The Morgan fingerprint density at radius 3 is 2.52 bits per heavy atom. The second kappa shape index (κ2) is 6.60. The van der Waals surface area contributed by atoms with Crippen LogP contribution < -0.4 is 5.32 Å². The number of carboxylic acids is 1. The maximum absolute atomic E-state index is 12.8. The highest BCUT2D eigenvalue weighted by molar-refractivity contribution is 9.10. The molecule has 0 aliphatic heterocycles. The van der Waals surface area contributed by atoms with Crippen molar-refractivity contribution >= 4 is 27.8 Å². The maximum atomic E-state index is 12.8. The lowest BCUT2D eigenvalue weighted by Crippen LogP contribution is -2.50. The summed E-state index contributed by atoms with van der Waals surface area (Å²) in [4.78, 5) is 23.7. The Balaban J connectivity index is 2.33. The Labute approximate surface area is 133 Å². The number of hydrogen-bond donors (Lipinski definition) is 2. The summed E-state index contributed by atoms with van der Waals surface area (Å²) in [7, 11) is 0. The molecule has 1 unspecified atom stereocenters.